The highest BCUT2D eigenvalue weighted by molar-refractivity contribution is 7.89. The van der Waals surface area contributed by atoms with Crippen molar-refractivity contribution >= 4 is 38.2 Å². The highest BCUT2D eigenvalue weighted by Gasteiger charge is 2.28. The number of rotatable bonds is 10. The van der Waals surface area contributed by atoms with E-state index in [-0.39, 0.29) is 0 Å². The van der Waals surface area contributed by atoms with Crippen molar-refractivity contribution in [3.8, 4) is 11.5 Å². The number of nitrogens with zero attached hydrogens (tertiary/aromatic N) is 5. The minimum Gasteiger partial charge on any atom is -0.497 e. The van der Waals surface area contributed by atoms with Crippen LogP contribution in [0, 0.1) is 6.92 Å². The number of H-pyrrole nitrogens is 1. The second-order valence-corrected chi connectivity index (χ2v) is 12.7. The normalized spacial score (nSPS) is 14.1. The smallest absolute Gasteiger partial charge is 0.243 e. The number of anilines is 3. The second kappa shape index (κ2) is 12.5. The molecule has 0 bridgehead atoms. The molecule has 0 radical (unpaired) electrons. The Morgan fingerprint density at radius 1 is 0.864 bits per heavy atom. The van der Waals surface area contributed by atoms with E-state index in [1.807, 2.05) is 61.5 Å². The number of methoxy groups -OCH3 is 2. The van der Waals surface area contributed by atoms with Gasteiger partial charge in [0.05, 0.1) is 24.6 Å². The van der Waals surface area contributed by atoms with Crippen molar-refractivity contribution in [2.45, 2.75) is 24.7 Å². The zero-order valence-corrected chi connectivity index (χ0v) is 25.8. The first-order valence-electron chi connectivity index (χ1n) is 14.4. The molecule has 1 aliphatic rings. The van der Waals surface area contributed by atoms with Crippen LogP contribution in [0.15, 0.2) is 78.0 Å². The third-order valence-electron chi connectivity index (χ3n) is 7.85. The average Bonchev–Trinajstić information content (AvgIpc) is 3.51. The molecule has 2 N–H and O–H groups in total. The Morgan fingerprint density at radius 2 is 1.59 bits per heavy atom. The first-order chi connectivity index (χ1) is 21.3. The van der Waals surface area contributed by atoms with E-state index in [1.54, 1.807) is 30.7 Å². The summed E-state index contributed by atoms with van der Waals surface area (Å²) in [5, 5.41) is 11.7. The number of sulfonamides is 1. The van der Waals surface area contributed by atoms with Crippen LogP contribution in [0.2, 0.25) is 0 Å². The maximum atomic E-state index is 13.1. The molecule has 0 aliphatic carbocycles. The number of piperazine rings is 1. The third-order valence-corrected chi connectivity index (χ3v) is 9.77. The number of ether oxygens (including phenoxy) is 2. The number of benzene rings is 3. The Balaban J connectivity index is 1.10. The number of hydrogen-bond acceptors (Lipinski definition) is 9. The molecular formula is C32H35N7O4S. The largest absolute Gasteiger partial charge is 0.497 e. The van der Waals surface area contributed by atoms with Crippen molar-refractivity contribution in [3.63, 3.8) is 0 Å². The minimum absolute atomic E-state index is 0.334. The number of aryl methyl sites for hydroxylation is 3. The molecule has 3 heterocycles. The molecule has 2 aromatic heterocycles. The third kappa shape index (κ3) is 6.31. The summed E-state index contributed by atoms with van der Waals surface area (Å²) in [6.07, 6.45) is 3.09. The molecule has 1 saturated heterocycles. The van der Waals surface area contributed by atoms with E-state index < -0.39 is 10.0 Å². The van der Waals surface area contributed by atoms with E-state index in [9.17, 15) is 8.42 Å². The summed E-state index contributed by atoms with van der Waals surface area (Å²) in [7, 11) is -0.227. The number of nitrogens with one attached hydrogen (secondary N) is 2. The molecule has 44 heavy (non-hydrogen) atoms. The van der Waals surface area contributed by atoms with Gasteiger partial charge in [-0.3, -0.25) is 5.10 Å². The van der Waals surface area contributed by atoms with Crippen LogP contribution in [-0.2, 0) is 22.9 Å². The second-order valence-electron chi connectivity index (χ2n) is 10.8. The van der Waals surface area contributed by atoms with Crippen molar-refractivity contribution in [1.82, 2.24) is 24.5 Å². The molecule has 1 aliphatic heterocycles. The van der Waals surface area contributed by atoms with Gasteiger partial charge in [0.2, 0.25) is 10.0 Å². The highest BCUT2D eigenvalue weighted by Crippen LogP contribution is 2.29. The maximum Gasteiger partial charge on any atom is 0.243 e. The average molecular weight is 614 g/mol. The van der Waals surface area contributed by atoms with E-state index >= 15 is 0 Å². The standard InChI is InChI=1S/C32H35N7O4S/c1-22-4-9-28(10-5-22)44(40,41)39-14-12-38(13-15-39)25-8-11-29-30(19-25)33-21-34-32(29)35-31-18-24(36-37-31)7-6-23-16-26(42-2)20-27(17-23)43-3/h4-5,8-11,16-21H,6-7,12-15H2,1-3H3,(H2,33,34,35,36,37). The van der Waals surface area contributed by atoms with Gasteiger partial charge < -0.3 is 19.7 Å². The molecule has 5 aromatic rings. The molecule has 0 saturated carbocycles. The Bertz CT molecular complexity index is 1850. The van der Waals surface area contributed by atoms with Crippen molar-refractivity contribution in [3.05, 3.63) is 89.9 Å². The van der Waals surface area contributed by atoms with Crippen LogP contribution in [0.1, 0.15) is 16.8 Å². The van der Waals surface area contributed by atoms with Crippen LogP contribution in [0.3, 0.4) is 0 Å². The van der Waals surface area contributed by atoms with Crippen LogP contribution in [0.25, 0.3) is 10.9 Å². The molecule has 0 unspecified atom stereocenters. The predicted molar refractivity (Wildman–Crippen MR) is 171 cm³/mol. The van der Waals surface area contributed by atoms with Gasteiger partial charge in [-0.25, -0.2) is 18.4 Å². The zero-order chi connectivity index (χ0) is 30.7. The van der Waals surface area contributed by atoms with Gasteiger partial charge in [-0.2, -0.15) is 9.40 Å². The molecule has 0 spiro atoms. The molecule has 3 aromatic carbocycles. The molecule has 6 rings (SSSR count). The van der Waals surface area contributed by atoms with Crippen LogP contribution in [0.5, 0.6) is 11.5 Å². The first kappa shape index (κ1) is 29.4. The zero-order valence-electron chi connectivity index (χ0n) is 24.9. The van der Waals surface area contributed by atoms with Crippen molar-refractivity contribution < 1.29 is 17.9 Å². The summed E-state index contributed by atoms with van der Waals surface area (Å²) < 4.78 is 38.6. The van der Waals surface area contributed by atoms with Crippen LogP contribution in [0.4, 0.5) is 17.3 Å². The number of aromatic amines is 1. The van der Waals surface area contributed by atoms with Gasteiger partial charge in [-0.15, -0.1) is 0 Å². The van der Waals surface area contributed by atoms with Gasteiger partial charge in [-0.1, -0.05) is 17.7 Å². The molecule has 0 amide bonds. The summed E-state index contributed by atoms with van der Waals surface area (Å²) in [6.45, 7) is 3.95. The summed E-state index contributed by atoms with van der Waals surface area (Å²) in [4.78, 5) is 11.5. The number of hydrogen-bond donors (Lipinski definition) is 2. The van der Waals surface area contributed by atoms with Gasteiger partial charge in [-0.05, 0) is 67.8 Å². The van der Waals surface area contributed by atoms with Gasteiger partial charge in [0.25, 0.3) is 0 Å². The van der Waals surface area contributed by atoms with E-state index in [0.717, 1.165) is 57.8 Å². The minimum atomic E-state index is -3.52. The summed E-state index contributed by atoms with van der Waals surface area (Å²) in [6, 6.07) is 20.9. The number of fused-ring (bicyclic) bond motifs is 1. The summed E-state index contributed by atoms with van der Waals surface area (Å²) in [5.74, 6) is 2.85. The van der Waals surface area contributed by atoms with E-state index in [2.05, 4.69) is 30.4 Å². The monoisotopic (exact) mass is 613 g/mol. The van der Waals surface area contributed by atoms with Crippen LogP contribution >= 0.6 is 0 Å². The fourth-order valence-electron chi connectivity index (χ4n) is 5.35. The van der Waals surface area contributed by atoms with E-state index in [1.165, 1.54) is 6.33 Å². The van der Waals surface area contributed by atoms with Crippen LogP contribution in [-0.4, -0.2) is 73.3 Å². The molecule has 228 valence electrons. The van der Waals surface area contributed by atoms with Gasteiger partial charge in [0, 0.05) is 55.1 Å². The lowest BCUT2D eigenvalue weighted by Gasteiger charge is -2.35. The lowest BCUT2D eigenvalue weighted by molar-refractivity contribution is 0.385. The molecular weight excluding hydrogens is 578 g/mol. The van der Waals surface area contributed by atoms with E-state index in [0.29, 0.717) is 42.7 Å². The summed E-state index contributed by atoms with van der Waals surface area (Å²) in [5.41, 5.74) is 4.91. The fourth-order valence-corrected chi connectivity index (χ4v) is 6.77. The Hall–Kier alpha value is -4.68. The lowest BCUT2D eigenvalue weighted by atomic mass is 10.1. The topological polar surface area (TPSA) is 126 Å². The SMILES string of the molecule is COc1cc(CCc2cc(Nc3ncnc4cc(N5CCN(S(=O)(=O)c6ccc(C)cc6)CC5)ccc34)n[nH]2)cc(OC)c1. The van der Waals surface area contributed by atoms with Gasteiger partial charge in [0.15, 0.2) is 5.82 Å². The Kier molecular flexibility index (Phi) is 8.36. The maximum absolute atomic E-state index is 13.1. The van der Waals surface area contributed by atoms with Crippen molar-refractivity contribution in [2.75, 3.05) is 50.6 Å². The molecule has 11 nitrogen and oxygen atoms in total. The van der Waals surface area contributed by atoms with E-state index in [4.69, 9.17) is 9.47 Å². The highest BCUT2D eigenvalue weighted by atomic mass is 32.2. The first-order valence-corrected chi connectivity index (χ1v) is 15.9. The summed E-state index contributed by atoms with van der Waals surface area (Å²) >= 11 is 0. The predicted octanol–water partition coefficient (Wildman–Crippen LogP) is 4.72. The molecule has 12 heteroatoms. The quantitative estimate of drug-likeness (QED) is 0.230. The van der Waals surface area contributed by atoms with Gasteiger partial charge >= 0.3 is 0 Å². The fraction of sp³-hybridized carbons (Fsp3) is 0.281. The van der Waals surface area contributed by atoms with Crippen LogP contribution < -0.4 is 19.7 Å². The van der Waals surface area contributed by atoms with Crippen molar-refractivity contribution in [2.24, 2.45) is 0 Å². The Labute approximate surface area is 256 Å². The van der Waals surface area contributed by atoms with Gasteiger partial charge in [0.1, 0.15) is 23.6 Å². The molecule has 1 fully saturated rings. The van der Waals surface area contributed by atoms with Crippen molar-refractivity contribution in [1.29, 1.82) is 0 Å². The Morgan fingerprint density at radius 3 is 2.30 bits per heavy atom. The number of aromatic nitrogens is 4. The molecule has 0 atom stereocenters. The lowest BCUT2D eigenvalue weighted by Crippen LogP contribution is -2.48.